The van der Waals surface area contributed by atoms with Crippen LogP contribution in [-0.4, -0.2) is 17.0 Å². The molecule has 4 heteroatoms. The second-order valence-corrected chi connectivity index (χ2v) is 8.83. The average Bonchev–Trinajstić information content (AvgIpc) is 2.60. The Balaban J connectivity index is 2.69. The SMILES string of the molecule is C=CC(C)(O)/C(=C\P(=O)(c1ccccc1)c1ccccc1)SC. The van der Waals surface area contributed by atoms with Crippen LogP contribution in [0.2, 0.25) is 0 Å². The van der Waals surface area contributed by atoms with Crippen molar-refractivity contribution in [2.45, 2.75) is 12.5 Å². The van der Waals surface area contributed by atoms with E-state index < -0.39 is 12.7 Å². The molecular formula is C19H21O2PS. The number of hydrogen-bond acceptors (Lipinski definition) is 3. The lowest BCUT2D eigenvalue weighted by molar-refractivity contribution is 0.160. The first-order valence-electron chi connectivity index (χ1n) is 7.28. The highest BCUT2D eigenvalue weighted by Crippen LogP contribution is 2.48. The van der Waals surface area contributed by atoms with E-state index in [4.69, 9.17) is 0 Å². The Morgan fingerprint density at radius 1 is 1.09 bits per heavy atom. The fourth-order valence-electron chi connectivity index (χ4n) is 2.25. The molecule has 0 aliphatic rings. The molecule has 0 aliphatic carbocycles. The van der Waals surface area contributed by atoms with Gasteiger partial charge >= 0.3 is 0 Å². The summed E-state index contributed by atoms with van der Waals surface area (Å²) in [5.41, 5.74) is -1.21. The lowest BCUT2D eigenvalue weighted by Crippen LogP contribution is -2.23. The van der Waals surface area contributed by atoms with Gasteiger partial charge < -0.3 is 9.67 Å². The number of rotatable bonds is 6. The summed E-state index contributed by atoms with van der Waals surface area (Å²) < 4.78 is 13.9. The van der Waals surface area contributed by atoms with Gasteiger partial charge in [0.2, 0.25) is 0 Å². The molecule has 2 aromatic rings. The van der Waals surface area contributed by atoms with Crippen molar-refractivity contribution in [2.24, 2.45) is 0 Å². The van der Waals surface area contributed by atoms with Gasteiger partial charge in [-0.05, 0) is 19.0 Å². The molecule has 0 saturated heterocycles. The van der Waals surface area contributed by atoms with E-state index in [1.54, 1.807) is 12.7 Å². The van der Waals surface area contributed by atoms with E-state index in [9.17, 15) is 9.67 Å². The Hall–Kier alpha value is -1.54. The third kappa shape index (κ3) is 3.87. The third-order valence-electron chi connectivity index (χ3n) is 3.69. The van der Waals surface area contributed by atoms with Crippen LogP contribution in [0.15, 0.2) is 84.0 Å². The molecule has 1 unspecified atom stereocenters. The highest BCUT2D eigenvalue weighted by Gasteiger charge is 2.30. The Labute approximate surface area is 142 Å². The quantitative estimate of drug-likeness (QED) is 0.632. The average molecular weight is 344 g/mol. The van der Waals surface area contributed by atoms with Crippen LogP contribution in [0.25, 0.3) is 0 Å². The maximum absolute atomic E-state index is 13.9. The molecule has 0 heterocycles. The zero-order chi connectivity index (χ0) is 16.9. The lowest BCUT2D eigenvalue weighted by atomic mass is 10.1. The van der Waals surface area contributed by atoms with Crippen molar-refractivity contribution in [3.05, 3.63) is 84.0 Å². The van der Waals surface area contributed by atoms with Crippen molar-refractivity contribution in [2.75, 3.05) is 6.26 Å². The van der Waals surface area contributed by atoms with E-state index in [2.05, 4.69) is 6.58 Å². The second-order valence-electron chi connectivity index (χ2n) is 5.38. The van der Waals surface area contributed by atoms with Crippen LogP contribution in [0, 0.1) is 0 Å². The van der Waals surface area contributed by atoms with E-state index in [-0.39, 0.29) is 0 Å². The Bertz CT molecular complexity index is 693. The number of benzene rings is 2. The predicted molar refractivity (Wildman–Crippen MR) is 102 cm³/mol. The first-order chi connectivity index (χ1) is 10.9. The highest BCUT2D eigenvalue weighted by molar-refractivity contribution is 8.03. The molecule has 0 saturated carbocycles. The van der Waals surface area contributed by atoms with E-state index >= 15 is 0 Å². The van der Waals surface area contributed by atoms with Crippen LogP contribution >= 0.6 is 18.9 Å². The molecule has 0 fully saturated rings. The Morgan fingerprint density at radius 2 is 1.52 bits per heavy atom. The highest BCUT2D eigenvalue weighted by atomic mass is 32.2. The van der Waals surface area contributed by atoms with Gasteiger partial charge in [0.25, 0.3) is 0 Å². The summed E-state index contributed by atoms with van der Waals surface area (Å²) in [5.74, 6) is 1.71. The van der Waals surface area contributed by atoms with Gasteiger partial charge in [-0.1, -0.05) is 73.3 Å². The smallest absolute Gasteiger partial charge is 0.165 e. The van der Waals surface area contributed by atoms with Gasteiger partial charge in [-0.25, -0.2) is 0 Å². The van der Waals surface area contributed by atoms with Gasteiger partial charge in [0.1, 0.15) is 5.60 Å². The van der Waals surface area contributed by atoms with E-state index in [1.165, 1.54) is 17.8 Å². The maximum Gasteiger partial charge on any atom is 0.165 e. The maximum atomic E-state index is 13.9. The van der Waals surface area contributed by atoms with Gasteiger partial charge in [-0.2, -0.15) is 0 Å². The fraction of sp³-hybridized carbons (Fsp3) is 0.158. The molecule has 120 valence electrons. The van der Waals surface area contributed by atoms with Gasteiger partial charge in [-0.3, -0.25) is 0 Å². The minimum atomic E-state index is -3.00. The summed E-state index contributed by atoms with van der Waals surface area (Å²) in [4.78, 5) is 0.628. The van der Waals surface area contributed by atoms with Gasteiger partial charge in [0.15, 0.2) is 7.14 Å². The summed E-state index contributed by atoms with van der Waals surface area (Å²) in [6.07, 6.45) is 3.33. The molecule has 2 aromatic carbocycles. The van der Waals surface area contributed by atoms with E-state index in [1.807, 2.05) is 66.9 Å². The summed E-state index contributed by atoms with van der Waals surface area (Å²) in [6.45, 7) is 5.34. The van der Waals surface area contributed by atoms with E-state index in [0.717, 1.165) is 10.6 Å². The van der Waals surface area contributed by atoms with Crippen molar-refractivity contribution in [1.82, 2.24) is 0 Å². The van der Waals surface area contributed by atoms with Crippen molar-refractivity contribution in [1.29, 1.82) is 0 Å². The zero-order valence-corrected chi connectivity index (χ0v) is 15.1. The minimum Gasteiger partial charge on any atom is -0.381 e. The first-order valence-corrected chi connectivity index (χ1v) is 10.3. The molecule has 23 heavy (non-hydrogen) atoms. The lowest BCUT2D eigenvalue weighted by Gasteiger charge is -2.24. The molecule has 0 radical (unpaired) electrons. The summed E-state index contributed by atoms with van der Waals surface area (Å²) in [7, 11) is -3.00. The predicted octanol–water partition coefficient (Wildman–Crippen LogP) is 4.14. The third-order valence-corrected chi connectivity index (χ3v) is 7.59. The normalized spacial score (nSPS) is 15.0. The molecule has 1 N–H and O–H groups in total. The Kier molecular flexibility index (Phi) is 5.69. The van der Waals surface area contributed by atoms with Crippen LogP contribution in [0.3, 0.4) is 0 Å². The van der Waals surface area contributed by atoms with Gasteiger partial charge in [0, 0.05) is 15.5 Å². The zero-order valence-electron chi connectivity index (χ0n) is 13.3. The first kappa shape index (κ1) is 17.8. The standard InChI is InChI=1S/C19H21O2PS/c1-4-19(2,20)18(23-3)15-22(21,16-11-7-5-8-12-16)17-13-9-6-10-14-17/h4-15,20H,1H2,2-3H3/b18-15+. The molecule has 0 aliphatic heterocycles. The molecule has 0 spiro atoms. The summed E-state index contributed by atoms with van der Waals surface area (Å²) in [6, 6.07) is 18.8. The Morgan fingerprint density at radius 3 is 1.87 bits per heavy atom. The molecule has 1 atom stereocenters. The molecule has 0 aromatic heterocycles. The summed E-state index contributed by atoms with van der Waals surface area (Å²) in [5, 5.41) is 12.0. The second kappa shape index (κ2) is 7.35. The largest absolute Gasteiger partial charge is 0.381 e. The van der Waals surface area contributed by atoms with Crippen LogP contribution in [0.1, 0.15) is 6.92 Å². The van der Waals surface area contributed by atoms with Crippen LogP contribution in [-0.2, 0) is 4.57 Å². The topological polar surface area (TPSA) is 37.3 Å². The van der Waals surface area contributed by atoms with Crippen molar-refractivity contribution in [3.63, 3.8) is 0 Å². The monoisotopic (exact) mass is 344 g/mol. The number of aliphatic hydroxyl groups is 1. The van der Waals surface area contributed by atoms with Crippen molar-refractivity contribution in [3.8, 4) is 0 Å². The van der Waals surface area contributed by atoms with Crippen LogP contribution < -0.4 is 10.6 Å². The molecule has 0 amide bonds. The van der Waals surface area contributed by atoms with Gasteiger partial charge in [0.05, 0.1) is 0 Å². The molecular weight excluding hydrogens is 323 g/mol. The number of hydrogen-bond donors (Lipinski definition) is 1. The molecule has 2 rings (SSSR count). The van der Waals surface area contributed by atoms with E-state index in [0.29, 0.717) is 4.91 Å². The summed E-state index contributed by atoms with van der Waals surface area (Å²) >= 11 is 1.39. The van der Waals surface area contributed by atoms with Gasteiger partial charge in [-0.15, -0.1) is 11.8 Å². The van der Waals surface area contributed by atoms with Crippen molar-refractivity contribution >= 4 is 29.5 Å². The van der Waals surface area contributed by atoms with Crippen LogP contribution in [0.4, 0.5) is 0 Å². The molecule has 2 nitrogen and oxygen atoms in total. The minimum absolute atomic E-state index is 0.628. The van der Waals surface area contributed by atoms with Crippen LogP contribution in [0.5, 0.6) is 0 Å². The fourth-order valence-corrected chi connectivity index (χ4v) is 6.03. The number of thioether (sulfide) groups is 1. The van der Waals surface area contributed by atoms with Crippen molar-refractivity contribution < 1.29 is 9.67 Å². The molecule has 0 bridgehead atoms.